The molecule has 0 radical (unpaired) electrons. The summed E-state index contributed by atoms with van der Waals surface area (Å²) in [6.45, 7) is 8.11. The highest BCUT2D eigenvalue weighted by atomic mass is 16.7. The van der Waals surface area contributed by atoms with E-state index in [1.54, 1.807) is 4.90 Å². The van der Waals surface area contributed by atoms with Crippen molar-refractivity contribution in [2.75, 3.05) is 45.8 Å². The van der Waals surface area contributed by atoms with E-state index < -0.39 is 0 Å². The maximum absolute atomic E-state index is 11.5. The van der Waals surface area contributed by atoms with E-state index in [4.69, 9.17) is 10.6 Å². The third-order valence-electron chi connectivity index (χ3n) is 8.97. The van der Waals surface area contributed by atoms with Crippen LogP contribution in [0.4, 0.5) is 0 Å². The molecule has 5 fully saturated rings. The first-order valence-electron chi connectivity index (χ1n) is 13.3. The Hall–Kier alpha value is -0.810. The van der Waals surface area contributed by atoms with Crippen molar-refractivity contribution in [2.45, 2.75) is 76.0 Å². The van der Waals surface area contributed by atoms with Crippen LogP contribution in [0, 0.1) is 17.8 Å². The average molecular weight is 452 g/mol. The quantitative estimate of drug-likeness (QED) is 0.262. The fraction of sp³-hybridized carbons (Fsp3) is 0.957. The molecule has 6 unspecified atom stereocenters. The smallest absolute Gasteiger partial charge is 0.220 e. The number of quaternary nitrogens is 2. The Labute approximate surface area is 192 Å². The minimum atomic E-state index is -0.124. The lowest BCUT2D eigenvalue weighted by Gasteiger charge is -2.39. The molecule has 9 heteroatoms. The Kier molecular flexibility index (Phi) is 7.63. The number of rotatable bonds is 6. The number of hydrogen-bond donors (Lipinski definition) is 6. The van der Waals surface area contributed by atoms with Crippen molar-refractivity contribution >= 4 is 5.91 Å². The summed E-state index contributed by atoms with van der Waals surface area (Å²) in [5.74, 6) is 1.39. The maximum Gasteiger partial charge on any atom is 0.220 e. The normalized spacial score (nSPS) is 40.6. The molecule has 0 aliphatic carbocycles. The summed E-state index contributed by atoms with van der Waals surface area (Å²) in [6.07, 6.45) is 10.3. The van der Waals surface area contributed by atoms with Crippen molar-refractivity contribution in [3.63, 3.8) is 0 Å². The number of nitrogens with zero attached hydrogens (tertiary/aromatic N) is 1. The standard InChI is InChI=1S/C23H43N7O2/c24-21(31)17-6-12-29(13-7-17)20-14-18(5-10-26-20)22-27-23(32-28-22)19-2-1-11-30(19)15-16-3-8-25-9-4-16/h16-20,22-23,25-28H,1-15H2,(H2,24,31)/p+2. The molecule has 0 aromatic rings. The SMILES string of the molecule is NC(=O)C1CCN(C2CC(C3NOC(C4CCC[NH+]4CC4CCNCC4)N3)CC[NH2+]2)CC1. The van der Waals surface area contributed by atoms with Crippen molar-refractivity contribution in [1.29, 1.82) is 0 Å². The van der Waals surface area contributed by atoms with Gasteiger partial charge in [0, 0.05) is 56.5 Å². The molecule has 9 nitrogen and oxygen atoms in total. The second-order valence-corrected chi connectivity index (χ2v) is 10.9. The highest BCUT2D eigenvalue weighted by molar-refractivity contribution is 5.76. The van der Waals surface area contributed by atoms with E-state index in [9.17, 15) is 4.79 Å². The zero-order chi connectivity index (χ0) is 21.9. The third-order valence-corrected chi connectivity index (χ3v) is 8.97. The summed E-state index contributed by atoms with van der Waals surface area (Å²) in [7, 11) is 0. The number of hydroxylamine groups is 1. The number of carbonyl (C=O) groups is 1. The van der Waals surface area contributed by atoms with Gasteiger partial charge in [0.15, 0.2) is 6.23 Å². The molecule has 0 aromatic carbocycles. The van der Waals surface area contributed by atoms with E-state index in [1.807, 2.05) is 0 Å². The molecule has 0 spiro atoms. The Morgan fingerprint density at radius 1 is 1.12 bits per heavy atom. The number of amides is 1. The zero-order valence-electron chi connectivity index (χ0n) is 19.6. The van der Waals surface area contributed by atoms with Gasteiger partial charge in [-0.1, -0.05) is 0 Å². The van der Waals surface area contributed by atoms with Gasteiger partial charge in [-0.05, 0) is 38.8 Å². The minimum Gasteiger partial charge on any atom is -0.369 e. The molecule has 182 valence electrons. The van der Waals surface area contributed by atoms with Crippen LogP contribution in [-0.2, 0) is 9.63 Å². The molecule has 0 bridgehead atoms. The lowest BCUT2D eigenvalue weighted by atomic mass is 9.90. The zero-order valence-corrected chi connectivity index (χ0v) is 19.6. The summed E-state index contributed by atoms with van der Waals surface area (Å²) in [5, 5.41) is 9.85. The van der Waals surface area contributed by atoms with Crippen LogP contribution in [0.1, 0.15) is 51.4 Å². The van der Waals surface area contributed by atoms with Gasteiger partial charge in [0.1, 0.15) is 12.2 Å². The predicted molar refractivity (Wildman–Crippen MR) is 121 cm³/mol. The molecule has 6 atom stereocenters. The van der Waals surface area contributed by atoms with Gasteiger partial charge in [0.05, 0.1) is 25.8 Å². The molecular weight excluding hydrogens is 406 g/mol. The minimum absolute atomic E-state index is 0.0692. The highest BCUT2D eigenvalue weighted by Crippen LogP contribution is 2.25. The lowest BCUT2D eigenvalue weighted by Crippen LogP contribution is -3.16. The van der Waals surface area contributed by atoms with E-state index >= 15 is 0 Å². The monoisotopic (exact) mass is 451 g/mol. The van der Waals surface area contributed by atoms with E-state index in [0.717, 1.165) is 44.8 Å². The maximum atomic E-state index is 11.5. The van der Waals surface area contributed by atoms with Gasteiger partial charge in [-0.2, -0.15) is 5.48 Å². The van der Waals surface area contributed by atoms with Gasteiger partial charge in [-0.15, -0.1) is 0 Å². The molecule has 0 aromatic heterocycles. The van der Waals surface area contributed by atoms with Gasteiger partial charge in [0.2, 0.25) is 5.91 Å². The van der Waals surface area contributed by atoms with Gasteiger partial charge < -0.3 is 21.3 Å². The topological polar surface area (TPSA) is 113 Å². The second kappa shape index (κ2) is 10.6. The van der Waals surface area contributed by atoms with Crippen LogP contribution in [-0.4, -0.2) is 81.2 Å². The summed E-state index contributed by atoms with van der Waals surface area (Å²) in [6, 6.07) is 0.571. The van der Waals surface area contributed by atoms with E-state index in [0.29, 0.717) is 18.1 Å². The fourth-order valence-corrected chi connectivity index (χ4v) is 6.98. The Morgan fingerprint density at radius 2 is 1.94 bits per heavy atom. The largest absolute Gasteiger partial charge is 0.369 e. The Bertz CT molecular complexity index is 623. The van der Waals surface area contributed by atoms with Crippen LogP contribution >= 0.6 is 0 Å². The molecule has 5 rings (SSSR count). The number of likely N-dealkylation sites (tertiary alicyclic amines) is 2. The highest BCUT2D eigenvalue weighted by Gasteiger charge is 2.45. The van der Waals surface area contributed by atoms with E-state index in [-0.39, 0.29) is 24.2 Å². The molecule has 0 saturated carbocycles. The van der Waals surface area contributed by atoms with Crippen LogP contribution in [0.25, 0.3) is 0 Å². The van der Waals surface area contributed by atoms with Gasteiger partial charge in [0.25, 0.3) is 0 Å². The molecule has 8 N–H and O–H groups in total. The second-order valence-electron chi connectivity index (χ2n) is 10.9. The van der Waals surface area contributed by atoms with Gasteiger partial charge in [-0.25, -0.2) is 0 Å². The predicted octanol–water partition coefficient (Wildman–Crippen LogP) is -2.69. The molecule has 32 heavy (non-hydrogen) atoms. The molecule has 5 saturated heterocycles. The first-order valence-corrected chi connectivity index (χ1v) is 13.3. The van der Waals surface area contributed by atoms with Crippen LogP contribution < -0.4 is 32.1 Å². The molecular formula is C23H45N7O2+2. The Balaban J connectivity index is 1.11. The molecule has 5 aliphatic heterocycles. The molecule has 5 heterocycles. The summed E-state index contributed by atoms with van der Waals surface area (Å²) < 4.78 is 0. The van der Waals surface area contributed by atoms with Crippen molar-refractivity contribution in [3.05, 3.63) is 0 Å². The first-order chi connectivity index (χ1) is 15.7. The van der Waals surface area contributed by atoms with Gasteiger partial charge >= 0.3 is 0 Å². The van der Waals surface area contributed by atoms with Crippen molar-refractivity contribution in [3.8, 4) is 0 Å². The van der Waals surface area contributed by atoms with Crippen LogP contribution in [0.5, 0.6) is 0 Å². The first kappa shape index (κ1) is 23.0. The number of nitrogens with two attached hydrogens (primary N) is 2. The van der Waals surface area contributed by atoms with Crippen molar-refractivity contribution in [2.24, 2.45) is 23.5 Å². The fourth-order valence-electron chi connectivity index (χ4n) is 6.98. The van der Waals surface area contributed by atoms with Crippen LogP contribution in [0.2, 0.25) is 0 Å². The molecule has 5 aliphatic rings. The Morgan fingerprint density at radius 3 is 2.72 bits per heavy atom. The van der Waals surface area contributed by atoms with E-state index in [2.05, 4.69) is 26.3 Å². The summed E-state index contributed by atoms with van der Waals surface area (Å²) >= 11 is 0. The summed E-state index contributed by atoms with van der Waals surface area (Å²) in [4.78, 5) is 22.0. The van der Waals surface area contributed by atoms with Crippen LogP contribution in [0.15, 0.2) is 0 Å². The number of piperidine rings is 3. The average Bonchev–Trinajstić information content (AvgIpc) is 3.49. The van der Waals surface area contributed by atoms with Crippen molar-refractivity contribution < 1.29 is 19.8 Å². The summed E-state index contributed by atoms with van der Waals surface area (Å²) in [5.41, 5.74) is 8.92. The van der Waals surface area contributed by atoms with Crippen molar-refractivity contribution in [1.82, 2.24) is 21.0 Å². The number of nitrogens with one attached hydrogen (secondary N) is 4. The lowest BCUT2D eigenvalue weighted by molar-refractivity contribution is -0.919. The third kappa shape index (κ3) is 5.29. The van der Waals surface area contributed by atoms with Crippen LogP contribution in [0.3, 0.4) is 0 Å². The number of hydrogen-bond acceptors (Lipinski definition) is 6. The number of primary amides is 1. The number of carbonyl (C=O) groups excluding carboxylic acids is 1. The van der Waals surface area contributed by atoms with Gasteiger partial charge in [-0.3, -0.25) is 19.8 Å². The molecule has 1 amide bonds. The van der Waals surface area contributed by atoms with E-state index in [1.165, 1.54) is 58.3 Å².